The molecule has 1 saturated heterocycles. The highest BCUT2D eigenvalue weighted by atomic mass is 32.2. The van der Waals surface area contributed by atoms with Crippen LogP contribution in [-0.4, -0.2) is 51.4 Å². The Morgan fingerprint density at radius 2 is 1.66 bits per heavy atom. The fraction of sp³-hybridized carbons (Fsp3) is 0.182. The first-order valence-electron chi connectivity index (χ1n) is 9.88. The van der Waals surface area contributed by atoms with Gasteiger partial charge in [0, 0.05) is 24.3 Å². The highest BCUT2D eigenvalue weighted by Crippen LogP contribution is 2.22. The predicted molar refractivity (Wildman–Crippen MR) is 123 cm³/mol. The molecule has 1 fully saturated rings. The van der Waals surface area contributed by atoms with Gasteiger partial charge < -0.3 is 15.0 Å². The molecule has 0 bridgehead atoms. The number of carbonyl (C=O) groups is 2. The summed E-state index contributed by atoms with van der Waals surface area (Å²) < 4.78 is 32.7. The lowest BCUT2D eigenvalue weighted by Gasteiger charge is -2.27. The second kappa shape index (κ2) is 9.51. The number of nitrogens with one attached hydrogen (secondary N) is 2. The van der Waals surface area contributed by atoms with Crippen molar-refractivity contribution in [1.82, 2.24) is 4.90 Å². The second-order valence-corrected chi connectivity index (χ2v) is 9.88. The summed E-state index contributed by atoms with van der Waals surface area (Å²) in [7, 11) is -3.66. The van der Waals surface area contributed by atoms with Crippen LogP contribution in [0.4, 0.5) is 11.4 Å². The Morgan fingerprint density at radius 1 is 0.938 bits per heavy atom. The Kier molecular flexibility index (Phi) is 6.54. The molecule has 1 aliphatic heterocycles. The zero-order chi connectivity index (χ0) is 22.6. The van der Waals surface area contributed by atoms with Crippen LogP contribution in [0.2, 0.25) is 0 Å². The van der Waals surface area contributed by atoms with E-state index in [9.17, 15) is 18.0 Å². The fourth-order valence-electron chi connectivity index (χ4n) is 3.22. The number of benzene rings is 2. The number of anilines is 2. The van der Waals surface area contributed by atoms with Gasteiger partial charge >= 0.3 is 0 Å². The molecular weight excluding hydrogens is 450 g/mol. The minimum Gasteiger partial charge on any atom is -0.378 e. The molecule has 2 N–H and O–H groups in total. The average Bonchev–Trinajstić information content (AvgIpc) is 3.36. The van der Waals surface area contributed by atoms with Crippen LogP contribution < -0.4 is 10.0 Å². The summed E-state index contributed by atoms with van der Waals surface area (Å²) in [6.07, 6.45) is 0. The molecule has 0 saturated carbocycles. The minimum absolute atomic E-state index is 0.164. The van der Waals surface area contributed by atoms with Crippen molar-refractivity contribution >= 4 is 44.5 Å². The van der Waals surface area contributed by atoms with Crippen LogP contribution in [0.5, 0.6) is 0 Å². The number of para-hydroxylation sites is 1. The first-order chi connectivity index (χ1) is 15.4. The molecule has 0 aliphatic carbocycles. The summed E-state index contributed by atoms with van der Waals surface area (Å²) in [6.45, 7) is 1.99. The standard InChI is InChI=1S/C22H21N3O5S2/c26-21(16-7-9-17(10-8-16)24-32(28,29)20-6-3-15-31-20)23-19-5-2-1-4-18(19)22(27)25-11-13-30-14-12-25/h1-10,15,24H,11-14H2,(H,23,26). The molecule has 1 aromatic heterocycles. The average molecular weight is 472 g/mol. The van der Waals surface area contributed by atoms with E-state index in [1.54, 1.807) is 40.6 Å². The maximum Gasteiger partial charge on any atom is 0.271 e. The van der Waals surface area contributed by atoms with Gasteiger partial charge in [0.05, 0.1) is 24.5 Å². The molecule has 2 aromatic carbocycles. The number of amides is 2. The van der Waals surface area contributed by atoms with E-state index in [-0.39, 0.29) is 10.1 Å². The van der Waals surface area contributed by atoms with E-state index in [2.05, 4.69) is 10.0 Å². The van der Waals surface area contributed by atoms with Gasteiger partial charge in [-0.05, 0) is 47.8 Å². The molecule has 1 aliphatic rings. The molecule has 4 rings (SSSR count). The van der Waals surface area contributed by atoms with Gasteiger partial charge in [0.25, 0.3) is 21.8 Å². The molecule has 2 heterocycles. The largest absolute Gasteiger partial charge is 0.378 e. The van der Waals surface area contributed by atoms with Crippen LogP contribution in [0.3, 0.4) is 0 Å². The zero-order valence-corrected chi connectivity index (χ0v) is 18.6. The minimum atomic E-state index is -3.66. The van der Waals surface area contributed by atoms with Crippen molar-refractivity contribution in [3.8, 4) is 0 Å². The number of rotatable bonds is 6. The predicted octanol–water partition coefficient (Wildman–Crippen LogP) is 3.27. The molecule has 10 heteroatoms. The highest BCUT2D eigenvalue weighted by molar-refractivity contribution is 7.94. The maximum atomic E-state index is 12.9. The van der Waals surface area contributed by atoms with Gasteiger partial charge in [-0.15, -0.1) is 11.3 Å². The van der Waals surface area contributed by atoms with Gasteiger partial charge in [-0.25, -0.2) is 8.42 Å². The van der Waals surface area contributed by atoms with Crippen LogP contribution in [0.15, 0.2) is 70.3 Å². The Bertz CT molecular complexity index is 1200. The number of carbonyl (C=O) groups excluding carboxylic acids is 2. The third kappa shape index (κ3) is 4.98. The lowest BCUT2D eigenvalue weighted by Crippen LogP contribution is -2.41. The van der Waals surface area contributed by atoms with Crippen molar-refractivity contribution in [2.75, 3.05) is 36.3 Å². The molecule has 0 spiro atoms. The highest BCUT2D eigenvalue weighted by Gasteiger charge is 2.22. The van der Waals surface area contributed by atoms with Gasteiger partial charge in [0.1, 0.15) is 4.21 Å². The molecule has 0 unspecified atom stereocenters. The van der Waals surface area contributed by atoms with E-state index in [0.717, 1.165) is 11.3 Å². The van der Waals surface area contributed by atoms with Crippen molar-refractivity contribution in [3.63, 3.8) is 0 Å². The molecular formula is C22H21N3O5S2. The lowest BCUT2D eigenvalue weighted by molar-refractivity contribution is 0.0303. The number of ether oxygens (including phenoxy) is 1. The number of sulfonamides is 1. The van der Waals surface area contributed by atoms with Gasteiger partial charge in [0.2, 0.25) is 0 Å². The number of hydrogen-bond donors (Lipinski definition) is 2. The van der Waals surface area contributed by atoms with Crippen LogP contribution >= 0.6 is 11.3 Å². The normalized spacial score (nSPS) is 14.1. The SMILES string of the molecule is O=C(Nc1ccccc1C(=O)N1CCOCC1)c1ccc(NS(=O)(=O)c2cccs2)cc1. The Morgan fingerprint density at radius 3 is 2.34 bits per heavy atom. The van der Waals surface area contributed by atoms with Gasteiger partial charge in [-0.3, -0.25) is 14.3 Å². The third-order valence-electron chi connectivity index (χ3n) is 4.86. The quantitative estimate of drug-likeness (QED) is 0.574. The molecule has 166 valence electrons. The third-order valence-corrected chi connectivity index (χ3v) is 7.64. The monoisotopic (exact) mass is 471 g/mol. The topological polar surface area (TPSA) is 105 Å². The molecule has 3 aromatic rings. The number of thiophene rings is 1. The van der Waals surface area contributed by atoms with Gasteiger partial charge in [0.15, 0.2) is 0 Å². The van der Waals surface area contributed by atoms with Crippen LogP contribution in [0, 0.1) is 0 Å². The second-order valence-electron chi connectivity index (χ2n) is 7.02. The molecule has 2 amide bonds. The first-order valence-corrected chi connectivity index (χ1v) is 12.2. The molecule has 0 radical (unpaired) electrons. The van der Waals surface area contributed by atoms with E-state index in [4.69, 9.17) is 4.74 Å². The molecule has 8 nitrogen and oxygen atoms in total. The Hall–Kier alpha value is -3.21. The number of hydrogen-bond acceptors (Lipinski definition) is 6. The summed E-state index contributed by atoms with van der Waals surface area (Å²) in [4.78, 5) is 27.3. The van der Waals surface area contributed by atoms with Crippen molar-refractivity contribution in [3.05, 3.63) is 77.2 Å². The van der Waals surface area contributed by atoms with Crippen molar-refractivity contribution < 1.29 is 22.7 Å². The van der Waals surface area contributed by atoms with Crippen molar-refractivity contribution in [2.45, 2.75) is 4.21 Å². The van der Waals surface area contributed by atoms with E-state index < -0.39 is 15.9 Å². The molecule has 32 heavy (non-hydrogen) atoms. The van der Waals surface area contributed by atoms with E-state index in [0.29, 0.717) is 48.8 Å². The summed E-state index contributed by atoms with van der Waals surface area (Å²) in [6, 6.07) is 16.1. The summed E-state index contributed by atoms with van der Waals surface area (Å²) in [5, 5.41) is 4.47. The van der Waals surface area contributed by atoms with Gasteiger partial charge in [-0.1, -0.05) is 18.2 Å². The smallest absolute Gasteiger partial charge is 0.271 e. The lowest BCUT2D eigenvalue weighted by atomic mass is 10.1. The first kappa shape index (κ1) is 22.0. The van der Waals surface area contributed by atoms with E-state index in [1.165, 1.54) is 30.3 Å². The fourth-order valence-corrected chi connectivity index (χ4v) is 5.27. The van der Waals surface area contributed by atoms with E-state index in [1.807, 2.05) is 0 Å². The summed E-state index contributed by atoms with van der Waals surface area (Å²) >= 11 is 1.12. The van der Waals surface area contributed by atoms with Crippen LogP contribution in [-0.2, 0) is 14.8 Å². The Balaban J connectivity index is 1.46. The zero-order valence-electron chi connectivity index (χ0n) is 17.0. The maximum absolute atomic E-state index is 12.9. The van der Waals surface area contributed by atoms with Crippen molar-refractivity contribution in [2.24, 2.45) is 0 Å². The van der Waals surface area contributed by atoms with Crippen LogP contribution in [0.25, 0.3) is 0 Å². The number of nitrogens with zero attached hydrogens (tertiary/aromatic N) is 1. The van der Waals surface area contributed by atoms with Crippen LogP contribution in [0.1, 0.15) is 20.7 Å². The Labute approximate surface area is 189 Å². The summed E-state index contributed by atoms with van der Waals surface area (Å²) in [5.74, 6) is -0.567. The van der Waals surface area contributed by atoms with E-state index >= 15 is 0 Å². The van der Waals surface area contributed by atoms with Crippen molar-refractivity contribution in [1.29, 1.82) is 0 Å². The molecule has 0 atom stereocenters. The van der Waals surface area contributed by atoms with Gasteiger partial charge in [-0.2, -0.15) is 0 Å². The number of morpholine rings is 1. The summed E-state index contributed by atoms with van der Waals surface area (Å²) in [5.41, 5.74) is 1.50.